The van der Waals surface area contributed by atoms with Crippen LogP contribution in [0.4, 0.5) is 0 Å². The number of hydrogen-bond donors (Lipinski definition) is 2. The number of aliphatic hydroxyl groups is 1. The number of nitrogens with one attached hydrogen (secondary N) is 1. The Hall–Kier alpha value is -2.33. The van der Waals surface area contributed by atoms with Gasteiger partial charge in [0.05, 0.1) is 12.1 Å². The molecule has 0 heterocycles. The highest BCUT2D eigenvalue weighted by Crippen LogP contribution is 2.22. The van der Waals surface area contributed by atoms with Crippen LogP contribution in [0.15, 0.2) is 54.6 Å². The summed E-state index contributed by atoms with van der Waals surface area (Å²) in [6.45, 7) is 7.84. The van der Waals surface area contributed by atoms with E-state index in [2.05, 4.69) is 5.32 Å². The van der Waals surface area contributed by atoms with Crippen LogP contribution >= 0.6 is 0 Å². The van der Waals surface area contributed by atoms with Gasteiger partial charge >= 0.3 is 0 Å². The second kappa shape index (κ2) is 8.17. The molecule has 2 aromatic rings. The Morgan fingerprint density at radius 1 is 1.08 bits per heavy atom. The van der Waals surface area contributed by atoms with Gasteiger partial charge < -0.3 is 15.2 Å². The van der Waals surface area contributed by atoms with Crippen LogP contribution in [0.2, 0.25) is 0 Å². The molecule has 0 bridgehead atoms. The predicted molar refractivity (Wildman–Crippen MR) is 99.2 cm³/mol. The van der Waals surface area contributed by atoms with Crippen molar-refractivity contribution in [1.29, 1.82) is 0 Å². The number of carbonyl (C=O) groups excluding carboxylic acids is 1. The van der Waals surface area contributed by atoms with Gasteiger partial charge in [-0.3, -0.25) is 4.79 Å². The van der Waals surface area contributed by atoms with E-state index in [1.807, 2.05) is 75.4 Å². The van der Waals surface area contributed by atoms with Crippen LogP contribution in [0.3, 0.4) is 0 Å². The Kier molecular flexibility index (Phi) is 6.21. The van der Waals surface area contributed by atoms with Gasteiger partial charge in [0.1, 0.15) is 12.4 Å². The molecule has 0 saturated heterocycles. The third-order valence-corrected chi connectivity index (χ3v) is 3.98. The van der Waals surface area contributed by atoms with Gasteiger partial charge in [-0.15, -0.1) is 0 Å². The molecule has 4 heteroatoms. The molecule has 1 unspecified atom stereocenters. The minimum atomic E-state index is -0.769. The standard InChI is InChI=1S/C21H27NO3/c1-15(22-20(24)21(2,3)4)19(23)17-10-12-18(13-11-17)25-14-16-8-6-5-7-9-16/h5-13,15,19,23H,14H2,1-4H3,(H,22,24)/t15?,19-/m0/s1. The van der Waals surface area contributed by atoms with Crippen LogP contribution in [-0.2, 0) is 11.4 Å². The maximum Gasteiger partial charge on any atom is 0.225 e. The van der Waals surface area contributed by atoms with Crippen molar-refractivity contribution >= 4 is 5.91 Å². The first-order valence-electron chi connectivity index (χ1n) is 8.53. The molecule has 1 amide bonds. The van der Waals surface area contributed by atoms with Gasteiger partial charge in [0, 0.05) is 5.41 Å². The molecule has 0 radical (unpaired) electrons. The Bertz CT molecular complexity index is 675. The first-order valence-corrected chi connectivity index (χ1v) is 8.53. The van der Waals surface area contributed by atoms with E-state index in [1.165, 1.54) is 0 Å². The van der Waals surface area contributed by atoms with Gasteiger partial charge in [-0.1, -0.05) is 63.2 Å². The third kappa shape index (κ3) is 5.61. The van der Waals surface area contributed by atoms with Gasteiger partial charge in [0.25, 0.3) is 0 Å². The topological polar surface area (TPSA) is 58.6 Å². The Labute approximate surface area is 149 Å². The Balaban J connectivity index is 1.93. The fraction of sp³-hybridized carbons (Fsp3) is 0.381. The summed E-state index contributed by atoms with van der Waals surface area (Å²) < 4.78 is 5.75. The maximum atomic E-state index is 12.0. The van der Waals surface area contributed by atoms with Crippen molar-refractivity contribution in [3.8, 4) is 5.75 Å². The van der Waals surface area contributed by atoms with Crippen molar-refractivity contribution < 1.29 is 14.6 Å². The first-order chi connectivity index (χ1) is 11.8. The highest BCUT2D eigenvalue weighted by atomic mass is 16.5. The quantitative estimate of drug-likeness (QED) is 0.839. The van der Waals surface area contributed by atoms with Gasteiger partial charge in [0.15, 0.2) is 0 Å². The molecule has 0 aliphatic carbocycles. The number of carbonyl (C=O) groups is 1. The molecule has 2 rings (SSSR count). The number of ether oxygens (including phenoxy) is 1. The SMILES string of the molecule is CC(NC(=O)C(C)(C)C)[C@H](O)c1ccc(OCc2ccccc2)cc1. The molecule has 0 saturated carbocycles. The molecule has 0 aliphatic heterocycles. The van der Waals surface area contributed by atoms with E-state index < -0.39 is 11.5 Å². The largest absolute Gasteiger partial charge is 0.489 e. The van der Waals surface area contributed by atoms with Gasteiger partial charge in [-0.25, -0.2) is 0 Å². The smallest absolute Gasteiger partial charge is 0.225 e. The first kappa shape index (κ1) is 19.0. The lowest BCUT2D eigenvalue weighted by atomic mass is 9.94. The summed E-state index contributed by atoms with van der Waals surface area (Å²) in [5.74, 6) is 0.660. The molecule has 0 aromatic heterocycles. The summed E-state index contributed by atoms with van der Waals surface area (Å²) in [5, 5.41) is 13.3. The molecule has 2 aromatic carbocycles. The molecular weight excluding hydrogens is 314 g/mol. The normalized spacial score (nSPS) is 13.8. The molecule has 134 valence electrons. The fourth-order valence-electron chi connectivity index (χ4n) is 2.29. The summed E-state index contributed by atoms with van der Waals surface area (Å²) in [6, 6.07) is 16.9. The van der Waals surface area contributed by atoms with E-state index in [0.717, 1.165) is 16.9 Å². The molecule has 4 nitrogen and oxygen atoms in total. The summed E-state index contributed by atoms with van der Waals surface area (Å²) >= 11 is 0. The van der Waals surface area contributed by atoms with Crippen LogP contribution in [0.5, 0.6) is 5.75 Å². The molecule has 2 atom stereocenters. The number of rotatable bonds is 6. The zero-order valence-corrected chi connectivity index (χ0v) is 15.3. The number of amides is 1. The van der Waals surface area contributed by atoms with Crippen molar-refractivity contribution in [1.82, 2.24) is 5.32 Å². The highest BCUT2D eigenvalue weighted by molar-refractivity contribution is 5.81. The van der Waals surface area contributed by atoms with Crippen molar-refractivity contribution in [2.75, 3.05) is 0 Å². The summed E-state index contributed by atoms with van der Waals surface area (Å²) in [4.78, 5) is 12.0. The third-order valence-electron chi connectivity index (χ3n) is 3.98. The summed E-state index contributed by atoms with van der Waals surface area (Å²) in [6.07, 6.45) is -0.769. The average molecular weight is 341 g/mol. The van der Waals surface area contributed by atoms with Crippen molar-refractivity contribution in [3.63, 3.8) is 0 Å². The molecule has 0 spiro atoms. The van der Waals surface area contributed by atoms with E-state index in [-0.39, 0.29) is 11.9 Å². The van der Waals surface area contributed by atoms with E-state index in [1.54, 1.807) is 6.92 Å². The van der Waals surface area contributed by atoms with Crippen LogP contribution in [0.1, 0.15) is 44.9 Å². The second-order valence-electron chi connectivity index (χ2n) is 7.30. The van der Waals surface area contributed by atoms with Crippen LogP contribution < -0.4 is 10.1 Å². The molecule has 2 N–H and O–H groups in total. The molecule has 0 aliphatic rings. The van der Waals surface area contributed by atoms with E-state index in [0.29, 0.717) is 6.61 Å². The van der Waals surface area contributed by atoms with Crippen LogP contribution in [-0.4, -0.2) is 17.1 Å². The minimum absolute atomic E-state index is 0.0816. The molecule has 0 fully saturated rings. The lowest BCUT2D eigenvalue weighted by molar-refractivity contribution is -0.130. The van der Waals surface area contributed by atoms with E-state index in [9.17, 15) is 9.90 Å². The van der Waals surface area contributed by atoms with Crippen molar-refractivity contribution in [2.45, 2.75) is 46.4 Å². The monoisotopic (exact) mass is 341 g/mol. The number of aliphatic hydroxyl groups excluding tert-OH is 1. The van der Waals surface area contributed by atoms with Crippen molar-refractivity contribution in [3.05, 3.63) is 65.7 Å². The number of benzene rings is 2. The summed E-state index contributed by atoms with van der Waals surface area (Å²) in [5.41, 5.74) is 1.36. The molecular formula is C21H27NO3. The highest BCUT2D eigenvalue weighted by Gasteiger charge is 2.25. The molecule has 25 heavy (non-hydrogen) atoms. The zero-order valence-electron chi connectivity index (χ0n) is 15.3. The van der Waals surface area contributed by atoms with Gasteiger partial charge in [-0.2, -0.15) is 0 Å². The minimum Gasteiger partial charge on any atom is -0.489 e. The number of hydrogen-bond acceptors (Lipinski definition) is 3. The van der Waals surface area contributed by atoms with Gasteiger partial charge in [0.2, 0.25) is 5.91 Å². The fourth-order valence-corrected chi connectivity index (χ4v) is 2.29. The summed E-state index contributed by atoms with van der Waals surface area (Å²) in [7, 11) is 0. The van der Waals surface area contributed by atoms with Gasteiger partial charge in [-0.05, 0) is 30.2 Å². The van der Waals surface area contributed by atoms with Crippen LogP contribution in [0.25, 0.3) is 0 Å². The van der Waals surface area contributed by atoms with E-state index in [4.69, 9.17) is 4.74 Å². The van der Waals surface area contributed by atoms with E-state index >= 15 is 0 Å². The lowest BCUT2D eigenvalue weighted by Crippen LogP contribution is -2.43. The average Bonchev–Trinajstić information content (AvgIpc) is 2.59. The Morgan fingerprint density at radius 3 is 2.24 bits per heavy atom. The predicted octanol–water partition coefficient (Wildman–Crippen LogP) is 3.85. The van der Waals surface area contributed by atoms with Crippen molar-refractivity contribution in [2.24, 2.45) is 5.41 Å². The second-order valence-corrected chi connectivity index (χ2v) is 7.30. The maximum absolute atomic E-state index is 12.0. The Morgan fingerprint density at radius 2 is 1.68 bits per heavy atom. The lowest BCUT2D eigenvalue weighted by Gasteiger charge is -2.25. The zero-order chi connectivity index (χ0) is 18.4. The van der Waals surface area contributed by atoms with Crippen LogP contribution in [0, 0.1) is 5.41 Å².